The van der Waals surface area contributed by atoms with E-state index in [1.807, 2.05) is 6.07 Å². The fourth-order valence-electron chi connectivity index (χ4n) is 2.65. The van der Waals surface area contributed by atoms with Gasteiger partial charge < -0.3 is 15.1 Å². The molecule has 3 heterocycles. The average Bonchev–Trinajstić information content (AvgIpc) is 2.86. The van der Waals surface area contributed by atoms with Crippen molar-refractivity contribution in [2.24, 2.45) is 0 Å². The topological polar surface area (TPSA) is 94.6 Å². The molecule has 0 spiro atoms. The number of piperazine rings is 1. The van der Waals surface area contributed by atoms with Gasteiger partial charge in [0.2, 0.25) is 5.91 Å². The lowest BCUT2D eigenvalue weighted by Crippen LogP contribution is -2.50. The number of carbonyl (C=O) groups is 3. The molecule has 4 amide bonds. The number of nitrogens with zero attached hydrogens (tertiary/aromatic N) is 3. The van der Waals surface area contributed by atoms with E-state index >= 15 is 0 Å². The largest absolute Gasteiger partial charge is 0.353 e. The Hall–Kier alpha value is -2.35. The van der Waals surface area contributed by atoms with Crippen LogP contribution in [0.1, 0.15) is 6.42 Å². The van der Waals surface area contributed by atoms with Gasteiger partial charge in [-0.2, -0.15) is 0 Å². The summed E-state index contributed by atoms with van der Waals surface area (Å²) >= 11 is 5.82. The van der Waals surface area contributed by atoms with Crippen molar-refractivity contribution in [2.75, 3.05) is 31.1 Å². The second-order valence-electron chi connectivity index (χ2n) is 5.42. The minimum atomic E-state index is -0.772. The van der Waals surface area contributed by atoms with Crippen LogP contribution in [0, 0.1) is 0 Å². The zero-order chi connectivity index (χ0) is 16.4. The van der Waals surface area contributed by atoms with Crippen molar-refractivity contribution in [3.05, 3.63) is 23.4 Å². The van der Waals surface area contributed by atoms with Gasteiger partial charge in [0.25, 0.3) is 5.91 Å². The molecule has 2 saturated heterocycles. The third kappa shape index (κ3) is 3.53. The normalized spacial score (nSPS) is 21.2. The Balaban J connectivity index is 1.52. The first-order valence-electron chi connectivity index (χ1n) is 7.28. The second-order valence-corrected chi connectivity index (χ2v) is 5.86. The summed E-state index contributed by atoms with van der Waals surface area (Å²) in [5.41, 5.74) is 0. The van der Waals surface area contributed by atoms with Crippen LogP contribution in [0.25, 0.3) is 0 Å². The number of aromatic nitrogens is 1. The number of halogens is 1. The predicted molar refractivity (Wildman–Crippen MR) is 83.1 cm³/mol. The maximum Gasteiger partial charge on any atom is 0.322 e. The Morgan fingerprint density at radius 3 is 2.57 bits per heavy atom. The summed E-state index contributed by atoms with van der Waals surface area (Å²) in [6.07, 6.45) is 1.58. The number of nitrogens with one attached hydrogen (secondary N) is 2. The molecule has 1 atom stereocenters. The van der Waals surface area contributed by atoms with Crippen molar-refractivity contribution in [1.29, 1.82) is 0 Å². The molecule has 2 aliphatic heterocycles. The fraction of sp³-hybridized carbons (Fsp3) is 0.429. The summed E-state index contributed by atoms with van der Waals surface area (Å²) in [5, 5.41) is 5.14. The van der Waals surface area contributed by atoms with Crippen LogP contribution < -0.4 is 15.5 Å². The number of pyridine rings is 1. The van der Waals surface area contributed by atoms with E-state index in [1.54, 1.807) is 17.2 Å². The van der Waals surface area contributed by atoms with Crippen LogP contribution >= 0.6 is 11.6 Å². The summed E-state index contributed by atoms with van der Waals surface area (Å²) in [5.74, 6) is 0.229. The van der Waals surface area contributed by atoms with Gasteiger partial charge >= 0.3 is 6.03 Å². The fourth-order valence-corrected chi connectivity index (χ4v) is 2.76. The molecule has 0 bridgehead atoms. The Morgan fingerprint density at radius 1 is 1.26 bits per heavy atom. The quantitative estimate of drug-likeness (QED) is 0.756. The highest BCUT2D eigenvalue weighted by Crippen LogP contribution is 2.16. The van der Waals surface area contributed by atoms with E-state index in [-0.39, 0.29) is 12.3 Å². The molecule has 23 heavy (non-hydrogen) atoms. The maximum absolute atomic E-state index is 12.2. The summed E-state index contributed by atoms with van der Waals surface area (Å²) < 4.78 is 0. The monoisotopic (exact) mass is 337 g/mol. The van der Waals surface area contributed by atoms with E-state index in [2.05, 4.69) is 20.5 Å². The van der Waals surface area contributed by atoms with Gasteiger partial charge in [0.15, 0.2) is 0 Å². The van der Waals surface area contributed by atoms with Crippen molar-refractivity contribution in [2.45, 2.75) is 12.5 Å². The second kappa shape index (κ2) is 6.41. The minimum Gasteiger partial charge on any atom is -0.353 e. The number of carbonyl (C=O) groups excluding carboxylic acids is 3. The molecular formula is C14H16ClN5O3. The Labute approximate surface area is 137 Å². The van der Waals surface area contributed by atoms with Crippen LogP contribution in [0.2, 0.25) is 5.02 Å². The van der Waals surface area contributed by atoms with Gasteiger partial charge in [-0.1, -0.05) is 11.6 Å². The highest BCUT2D eigenvalue weighted by atomic mass is 35.5. The molecule has 0 unspecified atom stereocenters. The molecule has 3 rings (SSSR count). The van der Waals surface area contributed by atoms with Crippen molar-refractivity contribution in [1.82, 2.24) is 20.5 Å². The number of hydrogen-bond acceptors (Lipinski definition) is 5. The van der Waals surface area contributed by atoms with Crippen LogP contribution in [0.15, 0.2) is 18.3 Å². The number of rotatable bonds is 3. The summed E-state index contributed by atoms with van der Waals surface area (Å²) in [4.78, 5) is 42.8. The number of anilines is 1. The summed E-state index contributed by atoms with van der Waals surface area (Å²) in [6.45, 7) is 2.41. The van der Waals surface area contributed by atoms with Crippen LogP contribution in [-0.4, -0.2) is 60.0 Å². The van der Waals surface area contributed by atoms with Crippen molar-refractivity contribution in [3.8, 4) is 0 Å². The molecule has 2 aliphatic rings. The van der Waals surface area contributed by atoms with Crippen LogP contribution in [0.3, 0.4) is 0 Å². The minimum absolute atomic E-state index is 0.0171. The Kier molecular flexibility index (Phi) is 4.33. The average molecular weight is 338 g/mol. The Morgan fingerprint density at radius 2 is 2.00 bits per heavy atom. The van der Waals surface area contributed by atoms with Crippen LogP contribution in [-0.2, 0) is 9.59 Å². The van der Waals surface area contributed by atoms with Gasteiger partial charge in [-0.15, -0.1) is 0 Å². The van der Waals surface area contributed by atoms with E-state index < -0.39 is 18.0 Å². The molecular weight excluding hydrogens is 322 g/mol. The first-order chi connectivity index (χ1) is 11.0. The van der Waals surface area contributed by atoms with Crippen molar-refractivity contribution >= 4 is 35.3 Å². The number of hydrogen-bond donors (Lipinski definition) is 2. The van der Waals surface area contributed by atoms with Crippen LogP contribution in [0.4, 0.5) is 10.6 Å². The molecule has 0 saturated carbocycles. The highest BCUT2D eigenvalue weighted by Gasteiger charge is 2.33. The first kappa shape index (κ1) is 15.5. The predicted octanol–water partition coefficient (Wildman–Crippen LogP) is -0.0183. The van der Waals surface area contributed by atoms with E-state index in [1.165, 1.54) is 0 Å². The van der Waals surface area contributed by atoms with Gasteiger partial charge in [-0.3, -0.25) is 14.9 Å². The lowest BCUT2D eigenvalue weighted by Gasteiger charge is -2.35. The molecule has 0 aromatic carbocycles. The third-order valence-electron chi connectivity index (χ3n) is 3.91. The third-order valence-corrected chi connectivity index (χ3v) is 4.13. The lowest BCUT2D eigenvalue weighted by molar-refractivity contribution is -0.134. The molecule has 0 radical (unpaired) electrons. The molecule has 8 nitrogen and oxygen atoms in total. The maximum atomic E-state index is 12.2. The molecule has 122 valence electrons. The first-order valence-corrected chi connectivity index (χ1v) is 7.66. The highest BCUT2D eigenvalue weighted by molar-refractivity contribution is 6.30. The van der Waals surface area contributed by atoms with E-state index in [4.69, 9.17) is 11.6 Å². The number of amides is 4. The molecule has 2 N–H and O–H groups in total. The molecule has 9 heteroatoms. The van der Waals surface area contributed by atoms with Gasteiger partial charge in [-0.05, 0) is 12.1 Å². The molecule has 0 aliphatic carbocycles. The summed E-state index contributed by atoms with van der Waals surface area (Å²) in [6, 6.07) is 2.30. The number of imide groups is 1. The molecule has 2 fully saturated rings. The standard InChI is InChI=1S/C14H16ClN5O3/c15-9-1-2-11(16-8-9)19-3-5-20(6-4-19)12(21)7-10-13(22)18-14(23)17-10/h1-2,8,10H,3-7H2,(H2,17,18,22,23)/t10-/m0/s1. The van der Waals surface area contributed by atoms with Gasteiger partial charge in [0.1, 0.15) is 11.9 Å². The van der Waals surface area contributed by atoms with E-state index in [0.717, 1.165) is 5.82 Å². The zero-order valence-corrected chi connectivity index (χ0v) is 13.0. The molecule has 1 aromatic rings. The lowest BCUT2D eigenvalue weighted by atomic mass is 10.1. The molecule has 1 aromatic heterocycles. The number of urea groups is 1. The SMILES string of the molecule is O=C1NC(=O)[C@H](CC(=O)N2CCN(c3ccc(Cl)cn3)CC2)N1. The van der Waals surface area contributed by atoms with E-state index in [0.29, 0.717) is 31.2 Å². The smallest absolute Gasteiger partial charge is 0.322 e. The van der Waals surface area contributed by atoms with Gasteiger partial charge in [0, 0.05) is 32.4 Å². The Bertz CT molecular complexity index is 628. The van der Waals surface area contributed by atoms with Crippen LogP contribution in [0.5, 0.6) is 0 Å². The van der Waals surface area contributed by atoms with Crippen molar-refractivity contribution in [3.63, 3.8) is 0 Å². The van der Waals surface area contributed by atoms with Gasteiger partial charge in [0.05, 0.1) is 11.4 Å². The summed E-state index contributed by atoms with van der Waals surface area (Å²) in [7, 11) is 0. The van der Waals surface area contributed by atoms with Crippen molar-refractivity contribution < 1.29 is 14.4 Å². The zero-order valence-electron chi connectivity index (χ0n) is 12.3. The van der Waals surface area contributed by atoms with E-state index in [9.17, 15) is 14.4 Å². The van der Waals surface area contributed by atoms with Gasteiger partial charge in [-0.25, -0.2) is 9.78 Å².